The molecule has 2 atom stereocenters. The van der Waals surface area contributed by atoms with Crippen LogP contribution in [0.25, 0.3) is 6.08 Å². The van der Waals surface area contributed by atoms with Gasteiger partial charge < -0.3 is 37.3 Å². The summed E-state index contributed by atoms with van der Waals surface area (Å²) in [5, 5.41) is 0. The zero-order valence-electron chi connectivity index (χ0n) is 44.9. The second kappa shape index (κ2) is 47.2. The molecule has 3 rings (SSSR count). The van der Waals surface area contributed by atoms with Crippen molar-refractivity contribution < 1.29 is 70.9 Å². The summed E-state index contributed by atoms with van der Waals surface area (Å²) in [7, 11) is 0. The average molecular weight is 1000 g/mol. The number of hydrogen-bond donors (Lipinski definition) is 0. The van der Waals surface area contributed by atoms with E-state index in [1.807, 2.05) is 19.9 Å². The summed E-state index contributed by atoms with van der Waals surface area (Å²) in [5.41, 5.74) is 0. The summed E-state index contributed by atoms with van der Waals surface area (Å²) < 4.78 is 34.9. The number of furan rings is 2. The van der Waals surface area contributed by atoms with Crippen LogP contribution in [0.4, 0.5) is 0 Å². The molecule has 0 radical (unpaired) electrons. The molecule has 1 aliphatic rings. The maximum Gasteiger partial charge on any atom is 0.305 e. The van der Waals surface area contributed by atoms with Crippen LogP contribution >= 0.6 is 0 Å². The van der Waals surface area contributed by atoms with Crippen LogP contribution < -0.4 is 0 Å². The van der Waals surface area contributed by atoms with E-state index in [4.69, 9.17) is 27.8 Å². The van der Waals surface area contributed by atoms with Crippen molar-refractivity contribution in [2.75, 3.05) is 26.4 Å². The summed E-state index contributed by atoms with van der Waals surface area (Å²) in [6, 6.07) is 7.04. The zero-order chi connectivity index (χ0) is 53.5. The molecular weight excluding hydrogens is 913 g/mol. The zero-order valence-corrected chi connectivity index (χ0v) is 44.9. The second-order valence-corrected chi connectivity index (χ2v) is 17.1. The normalized spacial score (nSPS) is 13.4. The fourth-order valence-corrected chi connectivity index (χ4v) is 6.69. The minimum Gasteiger partial charge on any atom is -0.466 e. The van der Waals surface area contributed by atoms with Gasteiger partial charge in [-0.25, -0.2) is 0 Å². The van der Waals surface area contributed by atoms with Gasteiger partial charge in [0, 0.05) is 51.4 Å². The standard InChI is InChI=1S/C14H24O4.C14H18O4.C14H28O2.C8H14O3.C6H6O2/c2*1-3-17-14(16)6-4-5-12(15)8-10-13-9-7-11(2)18-13;1-3-5-6-7-8-9-10-11-12-13-14(15)16-4-2;1-3-11-8(10)6-4-5-7(2)9;1-5-2-3-6(4-7)8-5/h11,13H,3-10H2,1-2H3;7-10H,3-6H2,1-2H3;3-13H2,1-2H3;3-6H2,1-2H3;2-4H,1H3/b;10-8+;;;. The molecule has 2 unspecified atom stereocenters. The molecule has 0 spiro atoms. The first-order chi connectivity index (χ1) is 34.0. The maximum atomic E-state index is 11.6. The molecule has 0 aromatic carbocycles. The SMILES string of the molecule is CCCCCCCCCCCC(=O)OCC.CCOC(=O)CCCC(=O)/C=C/c1ccc(C)o1.CCOC(=O)CCCC(=O)CCC1CCC(C)O1.CCOC(=O)CCCC(C)=O.Cc1ccc(C=O)o1. The number of ether oxygens (including phenoxy) is 5. The quantitative estimate of drug-likeness (QED) is 0.0219. The number of aldehydes is 1. The lowest BCUT2D eigenvalue weighted by atomic mass is 10.0. The number of ketones is 3. The predicted molar refractivity (Wildman–Crippen MR) is 275 cm³/mol. The highest BCUT2D eigenvalue weighted by Gasteiger charge is 2.22. The van der Waals surface area contributed by atoms with E-state index in [2.05, 4.69) is 18.6 Å². The molecule has 0 amide bonds. The molecular formula is C56H90O15. The van der Waals surface area contributed by atoms with Crippen molar-refractivity contribution in [2.24, 2.45) is 0 Å². The Balaban J connectivity index is 0. The molecule has 0 bridgehead atoms. The smallest absolute Gasteiger partial charge is 0.305 e. The van der Waals surface area contributed by atoms with Crippen molar-refractivity contribution in [2.45, 2.75) is 222 Å². The first-order valence-electron chi connectivity index (χ1n) is 26.1. The van der Waals surface area contributed by atoms with Gasteiger partial charge in [0.05, 0.1) is 38.6 Å². The van der Waals surface area contributed by atoms with Crippen LogP contribution in [0.2, 0.25) is 0 Å². The van der Waals surface area contributed by atoms with Crippen LogP contribution in [-0.4, -0.2) is 86.1 Å². The summed E-state index contributed by atoms with van der Waals surface area (Å²) in [4.78, 5) is 87.3. The second-order valence-electron chi connectivity index (χ2n) is 17.1. The number of esters is 4. The largest absolute Gasteiger partial charge is 0.466 e. The van der Waals surface area contributed by atoms with E-state index in [0.29, 0.717) is 115 Å². The van der Waals surface area contributed by atoms with E-state index < -0.39 is 0 Å². The van der Waals surface area contributed by atoms with Gasteiger partial charge in [-0.2, -0.15) is 0 Å². The highest BCUT2D eigenvalue weighted by atomic mass is 16.5. The first kappa shape index (κ1) is 67.9. The molecule has 0 saturated carbocycles. The van der Waals surface area contributed by atoms with Crippen LogP contribution in [0.5, 0.6) is 0 Å². The summed E-state index contributed by atoms with van der Waals surface area (Å²) in [5.74, 6) is 2.24. The van der Waals surface area contributed by atoms with Gasteiger partial charge in [-0.1, -0.05) is 58.3 Å². The Hall–Kier alpha value is -5.18. The van der Waals surface area contributed by atoms with Crippen LogP contribution in [0.1, 0.15) is 224 Å². The van der Waals surface area contributed by atoms with Crippen molar-refractivity contribution in [3.63, 3.8) is 0 Å². The molecule has 1 fully saturated rings. The van der Waals surface area contributed by atoms with Crippen LogP contribution in [0.3, 0.4) is 0 Å². The minimum atomic E-state index is -0.254. The third-order valence-corrected chi connectivity index (χ3v) is 10.4. The highest BCUT2D eigenvalue weighted by molar-refractivity contribution is 5.93. The first-order valence-corrected chi connectivity index (χ1v) is 26.1. The Morgan fingerprint density at radius 1 is 0.535 bits per heavy atom. The lowest BCUT2D eigenvalue weighted by Crippen LogP contribution is -2.11. The number of unbranched alkanes of at least 4 members (excludes halogenated alkanes) is 8. The molecule has 0 N–H and O–H groups in total. The van der Waals surface area contributed by atoms with Gasteiger partial charge in [0.1, 0.15) is 28.8 Å². The lowest BCUT2D eigenvalue weighted by Gasteiger charge is -2.10. The van der Waals surface area contributed by atoms with Gasteiger partial charge in [-0.05, 0) is 137 Å². The van der Waals surface area contributed by atoms with E-state index in [0.717, 1.165) is 37.2 Å². The molecule has 0 aliphatic carbocycles. The van der Waals surface area contributed by atoms with Gasteiger partial charge in [0.25, 0.3) is 0 Å². The van der Waals surface area contributed by atoms with Crippen LogP contribution in [0.15, 0.2) is 39.2 Å². The molecule has 1 saturated heterocycles. The van der Waals surface area contributed by atoms with Gasteiger partial charge in [0.15, 0.2) is 17.8 Å². The van der Waals surface area contributed by atoms with E-state index >= 15 is 0 Å². The van der Waals surface area contributed by atoms with Crippen molar-refractivity contribution in [3.8, 4) is 0 Å². The Kier molecular flexibility index (Phi) is 45.1. The number of allylic oxidation sites excluding steroid dienone is 1. The van der Waals surface area contributed by atoms with Crippen molar-refractivity contribution in [1.82, 2.24) is 0 Å². The number of rotatable bonds is 32. The lowest BCUT2D eigenvalue weighted by molar-refractivity contribution is -0.144. The molecule has 1 aliphatic heterocycles. The number of hydrogen-bond acceptors (Lipinski definition) is 15. The molecule has 15 nitrogen and oxygen atoms in total. The molecule has 404 valence electrons. The van der Waals surface area contributed by atoms with Crippen molar-refractivity contribution in [3.05, 3.63) is 53.4 Å². The number of carbonyl (C=O) groups is 8. The van der Waals surface area contributed by atoms with Crippen molar-refractivity contribution >= 4 is 53.6 Å². The van der Waals surface area contributed by atoms with Gasteiger partial charge >= 0.3 is 23.9 Å². The Morgan fingerprint density at radius 3 is 1.37 bits per heavy atom. The van der Waals surface area contributed by atoms with Gasteiger partial charge in [-0.15, -0.1) is 0 Å². The maximum absolute atomic E-state index is 11.6. The van der Waals surface area contributed by atoms with Crippen LogP contribution in [-0.2, 0) is 57.2 Å². The van der Waals surface area contributed by atoms with E-state index in [1.54, 1.807) is 52.0 Å². The number of carbonyl (C=O) groups excluding carboxylic acids is 8. The predicted octanol–water partition coefficient (Wildman–Crippen LogP) is 12.7. The molecule has 71 heavy (non-hydrogen) atoms. The fourth-order valence-electron chi connectivity index (χ4n) is 6.69. The Labute approximate surface area is 425 Å². The summed E-state index contributed by atoms with van der Waals surface area (Å²) in [6.07, 6.45) is 24.1. The van der Waals surface area contributed by atoms with E-state index in [-0.39, 0.29) is 53.8 Å². The monoisotopic (exact) mass is 1000 g/mol. The van der Waals surface area contributed by atoms with Crippen molar-refractivity contribution in [1.29, 1.82) is 0 Å². The molecule has 3 heterocycles. The third kappa shape index (κ3) is 45.7. The average Bonchev–Trinajstić information content (AvgIpc) is 4.08. The van der Waals surface area contributed by atoms with E-state index in [1.165, 1.54) is 64.4 Å². The molecule has 2 aromatic heterocycles. The van der Waals surface area contributed by atoms with Crippen LogP contribution in [0, 0.1) is 13.8 Å². The fraction of sp³-hybridized carbons (Fsp3) is 0.679. The minimum absolute atomic E-state index is 0.0200. The van der Waals surface area contributed by atoms with Gasteiger partial charge in [-0.3, -0.25) is 33.6 Å². The summed E-state index contributed by atoms with van der Waals surface area (Å²) in [6.45, 7) is 18.4. The Bertz CT molecular complexity index is 1750. The Morgan fingerprint density at radius 2 is 0.972 bits per heavy atom. The summed E-state index contributed by atoms with van der Waals surface area (Å²) >= 11 is 0. The topological polar surface area (TPSA) is 209 Å². The third-order valence-electron chi connectivity index (χ3n) is 10.4. The molecule has 2 aromatic rings. The molecule has 15 heteroatoms. The number of aryl methyl sites for hydroxylation is 2. The highest BCUT2D eigenvalue weighted by Crippen LogP contribution is 2.23. The van der Waals surface area contributed by atoms with Gasteiger partial charge in [0.2, 0.25) is 0 Å². The number of Topliss-reactive ketones (excluding diaryl/α,β-unsaturated/α-hetero) is 2. The van der Waals surface area contributed by atoms with E-state index in [9.17, 15) is 38.4 Å².